The molecule has 0 spiro atoms. The third-order valence-corrected chi connectivity index (χ3v) is 4.53. The van der Waals surface area contributed by atoms with Crippen LogP contribution in [0.3, 0.4) is 0 Å². The molecule has 1 saturated carbocycles. The van der Waals surface area contributed by atoms with Gasteiger partial charge in [-0.05, 0) is 32.9 Å². The maximum Gasteiger partial charge on any atom is 0.303 e. The van der Waals surface area contributed by atoms with Gasteiger partial charge in [0.1, 0.15) is 0 Å². The molecule has 2 rings (SSSR count). The maximum atomic E-state index is 12.5. The third kappa shape index (κ3) is 3.81. The summed E-state index contributed by atoms with van der Waals surface area (Å²) in [4.78, 5) is 38.5. The number of hydrogen-bond donors (Lipinski definition) is 1. The van der Waals surface area contributed by atoms with Crippen LogP contribution in [0.15, 0.2) is 0 Å². The first-order chi connectivity index (χ1) is 10.0. The molecule has 1 saturated heterocycles. The van der Waals surface area contributed by atoms with E-state index in [1.807, 2.05) is 4.90 Å². The summed E-state index contributed by atoms with van der Waals surface area (Å²) >= 11 is 0. The standard InChI is InChI=1S/C15H24N2O4/c1-16(9-5-8-14(19)20)12-10-13(18)17(15(12)21)11-6-3-2-4-7-11/h11-12H,2-10H2,1H3,(H,19,20). The maximum absolute atomic E-state index is 12.5. The van der Waals surface area contributed by atoms with E-state index < -0.39 is 12.0 Å². The molecular formula is C15H24N2O4. The summed E-state index contributed by atoms with van der Waals surface area (Å²) in [7, 11) is 1.79. The Labute approximate surface area is 125 Å². The van der Waals surface area contributed by atoms with Crippen molar-refractivity contribution in [1.82, 2.24) is 9.80 Å². The van der Waals surface area contributed by atoms with Crippen LogP contribution < -0.4 is 0 Å². The number of carbonyl (C=O) groups excluding carboxylic acids is 2. The van der Waals surface area contributed by atoms with Crippen molar-refractivity contribution in [3.8, 4) is 0 Å². The number of hydrogen-bond acceptors (Lipinski definition) is 4. The van der Waals surface area contributed by atoms with Gasteiger partial charge in [-0.15, -0.1) is 0 Å². The van der Waals surface area contributed by atoms with Crippen LogP contribution >= 0.6 is 0 Å². The monoisotopic (exact) mass is 296 g/mol. The molecule has 21 heavy (non-hydrogen) atoms. The quantitative estimate of drug-likeness (QED) is 0.746. The van der Waals surface area contributed by atoms with Gasteiger partial charge in [0.25, 0.3) is 0 Å². The Morgan fingerprint density at radius 2 is 1.95 bits per heavy atom. The molecule has 1 N–H and O–H groups in total. The number of likely N-dealkylation sites (N-methyl/N-ethyl adjacent to an activating group) is 1. The lowest BCUT2D eigenvalue weighted by atomic mass is 9.94. The summed E-state index contributed by atoms with van der Waals surface area (Å²) < 4.78 is 0. The molecule has 2 amide bonds. The van der Waals surface area contributed by atoms with Crippen molar-refractivity contribution in [2.75, 3.05) is 13.6 Å². The van der Waals surface area contributed by atoms with Gasteiger partial charge >= 0.3 is 5.97 Å². The lowest BCUT2D eigenvalue weighted by Gasteiger charge is -2.30. The van der Waals surface area contributed by atoms with E-state index in [9.17, 15) is 14.4 Å². The van der Waals surface area contributed by atoms with Gasteiger partial charge < -0.3 is 5.11 Å². The van der Waals surface area contributed by atoms with Gasteiger partial charge in [-0.25, -0.2) is 0 Å². The minimum Gasteiger partial charge on any atom is -0.481 e. The smallest absolute Gasteiger partial charge is 0.303 e. The second-order valence-electron chi connectivity index (χ2n) is 6.09. The molecule has 1 unspecified atom stereocenters. The van der Waals surface area contributed by atoms with Crippen molar-refractivity contribution < 1.29 is 19.5 Å². The normalized spacial score (nSPS) is 24.1. The van der Waals surface area contributed by atoms with Crippen molar-refractivity contribution >= 4 is 17.8 Å². The fourth-order valence-electron chi connectivity index (χ4n) is 3.34. The summed E-state index contributed by atoms with van der Waals surface area (Å²) in [6.07, 6.45) is 6.02. The first kappa shape index (κ1) is 15.9. The fourth-order valence-corrected chi connectivity index (χ4v) is 3.34. The fraction of sp³-hybridized carbons (Fsp3) is 0.800. The number of imide groups is 1. The van der Waals surface area contributed by atoms with E-state index in [4.69, 9.17) is 5.11 Å². The van der Waals surface area contributed by atoms with Gasteiger partial charge in [-0.1, -0.05) is 19.3 Å². The first-order valence-electron chi connectivity index (χ1n) is 7.78. The van der Waals surface area contributed by atoms with Crippen LogP contribution in [-0.2, 0) is 14.4 Å². The number of carboxylic acid groups (broad SMARTS) is 1. The van der Waals surface area contributed by atoms with E-state index in [1.54, 1.807) is 7.05 Å². The van der Waals surface area contributed by atoms with E-state index in [2.05, 4.69) is 0 Å². The van der Waals surface area contributed by atoms with Crippen molar-refractivity contribution in [3.05, 3.63) is 0 Å². The zero-order valence-electron chi connectivity index (χ0n) is 12.6. The highest BCUT2D eigenvalue weighted by atomic mass is 16.4. The molecule has 1 atom stereocenters. The van der Waals surface area contributed by atoms with Crippen LogP contribution in [0.5, 0.6) is 0 Å². The average Bonchev–Trinajstić information content (AvgIpc) is 2.74. The first-order valence-corrected chi connectivity index (χ1v) is 7.78. The second kappa shape index (κ2) is 7.02. The minimum absolute atomic E-state index is 0.0676. The predicted octanol–water partition coefficient (Wildman–Crippen LogP) is 1.24. The van der Waals surface area contributed by atoms with E-state index >= 15 is 0 Å². The topological polar surface area (TPSA) is 77.9 Å². The molecule has 118 valence electrons. The van der Waals surface area contributed by atoms with Gasteiger partial charge in [0, 0.05) is 12.5 Å². The van der Waals surface area contributed by atoms with Crippen molar-refractivity contribution in [2.45, 2.75) is 63.5 Å². The van der Waals surface area contributed by atoms with E-state index in [-0.39, 0.29) is 30.7 Å². The summed E-state index contributed by atoms with van der Waals surface area (Å²) in [5, 5.41) is 8.65. The summed E-state index contributed by atoms with van der Waals surface area (Å²) in [6.45, 7) is 0.522. The van der Waals surface area contributed by atoms with Crippen LogP contribution in [0.2, 0.25) is 0 Å². The molecule has 0 aromatic rings. The predicted molar refractivity (Wildman–Crippen MR) is 76.6 cm³/mol. The van der Waals surface area contributed by atoms with E-state index in [0.29, 0.717) is 13.0 Å². The molecular weight excluding hydrogens is 272 g/mol. The van der Waals surface area contributed by atoms with Crippen LogP contribution in [-0.4, -0.2) is 58.4 Å². The molecule has 0 radical (unpaired) electrons. The lowest BCUT2D eigenvalue weighted by molar-refractivity contribution is -0.143. The third-order valence-electron chi connectivity index (χ3n) is 4.53. The molecule has 2 aliphatic rings. The van der Waals surface area contributed by atoms with Gasteiger partial charge in [-0.3, -0.25) is 24.2 Å². The van der Waals surface area contributed by atoms with Crippen LogP contribution in [0.4, 0.5) is 0 Å². The number of rotatable bonds is 6. The Morgan fingerprint density at radius 3 is 2.57 bits per heavy atom. The van der Waals surface area contributed by atoms with E-state index in [1.165, 1.54) is 11.3 Å². The highest BCUT2D eigenvalue weighted by Crippen LogP contribution is 2.28. The number of amides is 2. The highest BCUT2D eigenvalue weighted by molar-refractivity contribution is 6.05. The summed E-state index contributed by atoms with van der Waals surface area (Å²) in [5.74, 6) is -0.993. The van der Waals surface area contributed by atoms with Crippen molar-refractivity contribution in [1.29, 1.82) is 0 Å². The minimum atomic E-state index is -0.832. The Bertz CT molecular complexity index is 418. The SMILES string of the molecule is CN(CCCC(=O)O)C1CC(=O)N(C2CCCCC2)C1=O. The van der Waals surface area contributed by atoms with Crippen LogP contribution in [0.1, 0.15) is 51.4 Å². The van der Waals surface area contributed by atoms with Gasteiger partial charge in [0.05, 0.1) is 12.5 Å². The number of carbonyl (C=O) groups is 3. The average molecular weight is 296 g/mol. The number of nitrogens with zero attached hydrogens (tertiary/aromatic N) is 2. The molecule has 1 aliphatic carbocycles. The molecule has 0 aromatic heterocycles. The largest absolute Gasteiger partial charge is 0.481 e. The molecule has 1 heterocycles. The summed E-state index contributed by atoms with van der Waals surface area (Å²) in [6, 6.07) is -0.329. The highest BCUT2D eigenvalue weighted by Gasteiger charge is 2.43. The Kier molecular flexibility index (Phi) is 5.33. The van der Waals surface area contributed by atoms with E-state index in [0.717, 1.165) is 25.7 Å². The molecule has 2 fully saturated rings. The number of aliphatic carboxylic acids is 1. The number of likely N-dealkylation sites (tertiary alicyclic amines) is 1. The molecule has 6 nitrogen and oxygen atoms in total. The second-order valence-corrected chi connectivity index (χ2v) is 6.09. The van der Waals surface area contributed by atoms with Crippen LogP contribution in [0, 0.1) is 0 Å². The lowest BCUT2D eigenvalue weighted by Crippen LogP contribution is -2.45. The van der Waals surface area contributed by atoms with Gasteiger partial charge in [0.2, 0.25) is 11.8 Å². The summed E-state index contributed by atoms with van der Waals surface area (Å²) in [5.41, 5.74) is 0. The van der Waals surface area contributed by atoms with Crippen LogP contribution in [0.25, 0.3) is 0 Å². The Balaban J connectivity index is 1.92. The molecule has 0 bridgehead atoms. The molecule has 1 aliphatic heterocycles. The molecule has 6 heteroatoms. The zero-order chi connectivity index (χ0) is 15.4. The van der Waals surface area contributed by atoms with Crippen molar-refractivity contribution in [3.63, 3.8) is 0 Å². The van der Waals surface area contributed by atoms with Gasteiger partial charge in [0.15, 0.2) is 0 Å². The Morgan fingerprint density at radius 1 is 1.29 bits per heavy atom. The van der Waals surface area contributed by atoms with Gasteiger partial charge in [-0.2, -0.15) is 0 Å². The zero-order valence-corrected chi connectivity index (χ0v) is 12.6. The number of carboxylic acids is 1. The Hall–Kier alpha value is -1.43. The molecule has 0 aromatic carbocycles. The van der Waals surface area contributed by atoms with Crippen molar-refractivity contribution in [2.24, 2.45) is 0 Å².